The molecule has 0 spiro atoms. The van der Waals surface area contributed by atoms with Crippen LogP contribution in [0.1, 0.15) is 60.8 Å². The Morgan fingerprint density at radius 1 is 1.20 bits per heavy atom. The maximum Gasteiger partial charge on any atom is 0.0634 e. The number of nitrogens with one attached hydrogen (secondary N) is 1. The van der Waals surface area contributed by atoms with Gasteiger partial charge in [0.15, 0.2) is 0 Å². The molecule has 1 rings (SSSR count). The van der Waals surface area contributed by atoms with Crippen molar-refractivity contribution in [1.82, 2.24) is 10.2 Å². The van der Waals surface area contributed by atoms with Crippen LogP contribution in [0, 0.1) is 5.41 Å². The van der Waals surface area contributed by atoms with Crippen LogP contribution in [0.15, 0.2) is 0 Å². The fourth-order valence-electron chi connectivity index (χ4n) is 2.84. The largest absolute Gasteiger partial charge is 0.379 e. The highest BCUT2D eigenvalue weighted by atomic mass is 16.5. The molecule has 20 heavy (non-hydrogen) atoms. The molecule has 1 heterocycles. The summed E-state index contributed by atoms with van der Waals surface area (Å²) in [6.45, 7) is 17.1. The summed E-state index contributed by atoms with van der Waals surface area (Å²) in [4.78, 5) is 2.69. The van der Waals surface area contributed by atoms with Crippen molar-refractivity contribution >= 4 is 0 Å². The van der Waals surface area contributed by atoms with Crippen molar-refractivity contribution in [2.75, 3.05) is 26.7 Å². The lowest BCUT2D eigenvalue weighted by molar-refractivity contribution is -0.00460. The molecule has 1 N–H and O–H groups in total. The number of hydrogen-bond acceptors (Lipinski definition) is 3. The smallest absolute Gasteiger partial charge is 0.0634 e. The third-order valence-electron chi connectivity index (χ3n) is 4.75. The van der Waals surface area contributed by atoms with Crippen LogP contribution in [0.3, 0.4) is 0 Å². The van der Waals surface area contributed by atoms with Crippen LogP contribution in [-0.4, -0.2) is 49.3 Å². The van der Waals surface area contributed by atoms with E-state index in [1.54, 1.807) is 0 Å². The molecule has 3 heteroatoms. The van der Waals surface area contributed by atoms with Crippen molar-refractivity contribution in [1.29, 1.82) is 0 Å². The van der Waals surface area contributed by atoms with Gasteiger partial charge >= 0.3 is 0 Å². The Morgan fingerprint density at radius 2 is 1.85 bits per heavy atom. The molecule has 0 radical (unpaired) electrons. The highest BCUT2D eigenvalue weighted by Gasteiger charge is 2.34. The zero-order valence-electron chi connectivity index (χ0n) is 14.8. The maximum absolute atomic E-state index is 5.58. The summed E-state index contributed by atoms with van der Waals surface area (Å²) >= 11 is 0. The average molecular weight is 284 g/mol. The Kier molecular flexibility index (Phi) is 6.49. The van der Waals surface area contributed by atoms with E-state index < -0.39 is 0 Å². The van der Waals surface area contributed by atoms with Gasteiger partial charge in [-0.3, -0.25) is 4.90 Å². The standard InChI is InChI=1S/C17H36N2O/c1-8-9-14-12-18-15(16(2,3)4)13-19(14)11-10-17(5,6)20-7/h14-15,18H,8-13H2,1-7H3. The lowest BCUT2D eigenvalue weighted by Gasteiger charge is -2.46. The SMILES string of the molecule is CCCC1CNC(C(C)(C)C)CN1CCC(C)(C)OC. The fourth-order valence-corrected chi connectivity index (χ4v) is 2.84. The van der Waals surface area contributed by atoms with Crippen molar-refractivity contribution < 1.29 is 4.74 Å². The Morgan fingerprint density at radius 3 is 2.35 bits per heavy atom. The van der Waals surface area contributed by atoms with Gasteiger partial charge in [-0.05, 0) is 32.1 Å². The monoisotopic (exact) mass is 284 g/mol. The molecule has 2 atom stereocenters. The van der Waals surface area contributed by atoms with E-state index in [9.17, 15) is 0 Å². The van der Waals surface area contributed by atoms with E-state index in [-0.39, 0.29) is 5.60 Å². The van der Waals surface area contributed by atoms with Gasteiger partial charge < -0.3 is 10.1 Å². The third kappa shape index (κ3) is 5.34. The molecule has 1 saturated heterocycles. The summed E-state index contributed by atoms with van der Waals surface area (Å²) in [6.07, 6.45) is 3.65. The number of nitrogens with zero attached hydrogens (tertiary/aromatic N) is 1. The minimum atomic E-state index is -0.0150. The first kappa shape index (κ1) is 17.9. The van der Waals surface area contributed by atoms with Gasteiger partial charge in [-0.2, -0.15) is 0 Å². The molecule has 0 aromatic carbocycles. The molecule has 3 nitrogen and oxygen atoms in total. The summed E-state index contributed by atoms with van der Waals surface area (Å²) < 4.78 is 5.58. The second-order valence-corrected chi connectivity index (χ2v) is 7.98. The van der Waals surface area contributed by atoms with Gasteiger partial charge in [-0.1, -0.05) is 34.1 Å². The van der Waals surface area contributed by atoms with Gasteiger partial charge in [-0.15, -0.1) is 0 Å². The second-order valence-electron chi connectivity index (χ2n) is 7.98. The summed E-state index contributed by atoms with van der Waals surface area (Å²) in [5.41, 5.74) is 0.311. The van der Waals surface area contributed by atoms with E-state index in [1.807, 2.05) is 7.11 Å². The molecular formula is C17H36N2O. The number of piperazine rings is 1. The third-order valence-corrected chi connectivity index (χ3v) is 4.75. The normalized spacial score (nSPS) is 25.9. The van der Waals surface area contributed by atoms with E-state index >= 15 is 0 Å². The van der Waals surface area contributed by atoms with Crippen LogP contribution < -0.4 is 5.32 Å². The van der Waals surface area contributed by atoms with Crippen LogP contribution >= 0.6 is 0 Å². The van der Waals surface area contributed by atoms with Crippen molar-refractivity contribution in [2.24, 2.45) is 5.41 Å². The van der Waals surface area contributed by atoms with Crippen molar-refractivity contribution in [3.63, 3.8) is 0 Å². The minimum absolute atomic E-state index is 0.0150. The van der Waals surface area contributed by atoms with Crippen LogP contribution in [0.4, 0.5) is 0 Å². The molecule has 0 amide bonds. The van der Waals surface area contributed by atoms with Gasteiger partial charge in [0.1, 0.15) is 0 Å². The number of ether oxygens (including phenoxy) is 1. The maximum atomic E-state index is 5.58. The minimum Gasteiger partial charge on any atom is -0.379 e. The zero-order chi connectivity index (χ0) is 15.4. The molecule has 120 valence electrons. The van der Waals surface area contributed by atoms with Gasteiger partial charge in [0.05, 0.1) is 5.60 Å². The van der Waals surface area contributed by atoms with Gasteiger partial charge in [0, 0.05) is 38.8 Å². The first-order valence-corrected chi connectivity index (χ1v) is 8.22. The molecule has 0 aromatic heterocycles. The fraction of sp³-hybridized carbons (Fsp3) is 1.00. The summed E-state index contributed by atoms with van der Waals surface area (Å²) in [7, 11) is 1.82. The Bertz CT molecular complexity index is 283. The van der Waals surface area contributed by atoms with E-state index in [0.29, 0.717) is 17.5 Å². The molecular weight excluding hydrogens is 248 g/mol. The molecule has 0 saturated carbocycles. The molecule has 1 fully saturated rings. The second kappa shape index (κ2) is 7.24. The number of hydrogen-bond donors (Lipinski definition) is 1. The van der Waals surface area contributed by atoms with Gasteiger partial charge in [0.25, 0.3) is 0 Å². The summed E-state index contributed by atoms with van der Waals surface area (Å²) in [5, 5.41) is 3.76. The molecule has 1 aliphatic heterocycles. The lowest BCUT2D eigenvalue weighted by atomic mass is 9.84. The van der Waals surface area contributed by atoms with Crippen LogP contribution in [0.25, 0.3) is 0 Å². The number of methoxy groups -OCH3 is 1. The van der Waals surface area contributed by atoms with Crippen molar-refractivity contribution in [3.05, 3.63) is 0 Å². The molecule has 2 unspecified atom stereocenters. The van der Waals surface area contributed by atoms with E-state index in [4.69, 9.17) is 4.74 Å². The Balaban J connectivity index is 2.64. The van der Waals surface area contributed by atoms with Crippen molar-refractivity contribution in [3.8, 4) is 0 Å². The molecule has 0 aromatic rings. The topological polar surface area (TPSA) is 24.5 Å². The van der Waals surface area contributed by atoms with E-state index in [0.717, 1.165) is 26.1 Å². The van der Waals surface area contributed by atoms with E-state index in [2.05, 4.69) is 51.8 Å². The average Bonchev–Trinajstić information content (AvgIpc) is 2.36. The number of rotatable bonds is 6. The highest BCUT2D eigenvalue weighted by molar-refractivity contribution is 4.92. The van der Waals surface area contributed by atoms with Crippen molar-refractivity contribution in [2.45, 2.75) is 78.5 Å². The van der Waals surface area contributed by atoms with Crippen LogP contribution in [0.5, 0.6) is 0 Å². The van der Waals surface area contributed by atoms with E-state index in [1.165, 1.54) is 12.8 Å². The Hall–Kier alpha value is -0.120. The van der Waals surface area contributed by atoms with Crippen LogP contribution in [-0.2, 0) is 4.74 Å². The van der Waals surface area contributed by atoms with Gasteiger partial charge in [0.2, 0.25) is 0 Å². The molecule has 0 aliphatic carbocycles. The Labute approximate surface area is 126 Å². The van der Waals surface area contributed by atoms with Gasteiger partial charge in [-0.25, -0.2) is 0 Å². The quantitative estimate of drug-likeness (QED) is 0.810. The first-order chi connectivity index (χ1) is 9.19. The molecule has 0 bridgehead atoms. The first-order valence-electron chi connectivity index (χ1n) is 8.22. The highest BCUT2D eigenvalue weighted by Crippen LogP contribution is 2.25. The predicted octanol–water partition coefficient (Wildman–Crippen LogP) is 3.29. The summed E-state index contributed by atoms with van der Waals surface area (Å²) in [6, 6.07) is 1.27. The predicted molar refractivity (Wildman–Crippen MR) is 87.2 cm³/mol. The molecule has 1 aliphatic rings. The zero-order valence-corrected chi connectivity index (χ0v) is 14.8. The van der Waals surface area contributed by atoms with Crippen LogP contribution in [0.2, 0.25) is 0 Å². The lowest BCUT2D eigenvalue weighted by Crippen LogP contribution is -2.60. The summed E-state index contributed by atoms with van der Waals surface area (Å²) in [5.74, 6) is 0.